The molecule has 0 radical (unpaired) electrons. The number of rotatable bonds is 3. The Labute approximate surface area is 216 Å². The van der Waals surface area contributed by atoms with Crippen LogP contribution >= 0.6 is 0 Å². The largest absolute Gasteiger partial charge is 0.378 e. The van der Waals surface area contributed by atoms with E-state index in [2.05, 4.69) is 58.7 Å². The van der Waals surface area contributed by atoms with Crippen LogP contribution in [0.2, 0.25) is 0 Å². The molecule has 0 unspecified atom stereocenters. The van der Waals surface area contributed by atoms with Crippen molar-refractivity contribution in [2.75, 3.05) is 23.9 Å². The number of imide groups is 1. The van der Waals surface area contributed by atoms with Crippen LogP contribution in [0.3, 0.4) is 0 Å². The van der Waals surface area contributed by atoms with Crippen LogP contribution < -0.4 is 15.1 Å². The second kappa shape index (κ2) is 7.89. The molecular formula is C32H27N3O2. The first-order valence-electron chi connectivity index (χ1n) is 12.7. The molecule has 1 aliphatic carbocycles. The number of benzene rings is 4. The van der Waals surface area contributed by atoms with Crippen LogP contribution in [0.5, 0.6) is 0 Å². The summed E-state index contributed by atoms with van der Waals surface area (Å²) in [6.07, 6.45) is 0. The van der Waals surface area contributed by atoms with Crippen LogP contribution in [0.1, 0.15) is 22.7 Å². The van der Waals surface area contributed by atoms with Crippen molar-refractivity contribution in [3.63, 3.8) is 0 Å². The second-order valence-electron chi connectivity index (χ2n) is 10.4. The Morgan fingerprint density at radius 2 is 1.27 bits per heavy atom. The topological polar surface area (TPSA) is 52.7 Å². The number of nitrogens with one attached hydrogen (secondary N) is 1. The Kier molecular flexibility index (Phi) is 4.69. The van der Waals surface area contributed by atoms with Crippen LogP contribution in [-0.4, -0.2) is 25.9 Å². The number of amides is 2. The SMILES string of the molecule is CN(C)c1ccc([C@@H]2NC3(c4ccccc4-c4ccccc43)[C@@H]3C(=O)N(c4ccccc4)C(=O)[C@@H]32)cc1. The molecule has 0 saturated carbocycles. The van der Waals surface area contributed by atoms with E-state index in [1.54, 1.807) is 0 Å². The van der Waals surface area contributed by atoms with E-state index in [9.17, 15) is 9.59 Å². The summed E-state index contributed by atoms with van der Waals surface area (Å²) in [6, 6.07) is 33.9. The van der Waals surface area contributed by atoms with Crippen molar-refractivity contribution >= 4 is 23.2 Å². The molecule has 37 heavy (non-hydrogen) atoms. The number of hydrogen-bond acceptors (Lipinski definition) is 4. The second-order valence-corrected chi connectivity index (χ2v) is 10.4. The molecule has 2 amide bonds. The minimum atomic E-state index is -0.793. The Bertz CT molecular complexity index is 1500. The van der Waals surface area contributed by atoms with Gasteiger partial charge in [0, 0.05) is 25.8 Å². The van der Waals surface area contributed by atoms with Crippen molar-refractivity contribution in [2.45, 2.75) is 11.6 Å². The summed E-state index contributed by atoms with van der Waals surface area (Å²) in [7, 11) is 4.02. The summed E-state index contributed by atoms with van der Waals surface area (Å²) in [5.41, 5.74) is 6.30. The molecule has 0 aromatic heterocycles. The standard InChI is InChI=1S/C32H27N3O2/c1-34(2)21-18-16-20(17-19-21)29-27-28(31(37)35(30(27)36)22-10-4-3-5-11-22)32(33-29)25-14-8-6-12-23(25)24-13-7-9-15-26(24)32/h3-19,27-29,33H,1-2H3/t27-,28-,29-/m0/s1. The molecule has 3 aliphatic rings. The van der Waals surface area contributed by atoms with Gasteiger partial charge in [-0.05, 0) is 52.1 Å². The highest BCUT2D eigenvalue weighted by atomic mass is 16.2. The Morgan fingerprint density at radius 3 is 1.86 bits per heavy atom. The number of para-hydroxylation sites is 1. The van der Waals surface area contributed by atoms with Crippen molar-refractivity contribution < 1.29 is 9.59 Å². The van der Waals surface area contributed by atoms with Crippen molar-refractivity contribution in [1.29, 1.82) is 0 Å². The first-order valence-corrected chi connectivity index (χ1v) is 12.7. The number of hydrogen-bond donors (Lipinski definition) is 1. The van der Waals surface area contributed by atoms with Crippen LogP contribution in [0.15, 0.2) is 103 Å². The minimum absolute atomic E-state index is 0.144. The molecule has 5 nitrogen and oxygen atoms in total. The molecule has 7 rings (SSSR count). The fraction of sp³-hybridized carbons (Fsp3) is 0.188. The molecule has 182 valence electrons. The highest BCUT2D eigenvalue weighted by Gasteiger charge is 2.68. The van der Waals surface area contributed by atoms with Gasteiger partial charge in [0.05, 0.1) is 23.1 Å². The molecule has 2 aliphatic heterocycles. The van der Waals surface area contributed by atoms with Gasteiger partial charge in [-0.1, -0.05) is 78.9 Å². The number of carbonyl (C=O) groups is 2. The van der Waals surface area contributed by atoms with Crippen LogP contribution in [0, 0.1) is 11.8 Å². The maximum absolute atomic E-state index is 14.4. The molecule has 3 atom stereocenters. The number of nitrogens with zero attached hydrogens (tertiary/aromatic N) is 2. The van der Waals surface area contributed by atoms with Gasteiger partial charge in [-0.3, -0.25) is 14.9 Å². The summed E-state index contributed by atoms with van der Waals surface area (Å²) in [4.78, 5) is 32.0. The lowest BCUT2D eigenvalue weighted by molar-refractivity contribution is -0.123. The van der Waals surface area contributed by atoms with E-state index >= 15 is 0 Å². The van der Waals surface area contributed by atoms with E-state index in [1.165, 1.54) is 4.90 Å². The Hall–Kier alpha value is -4.22. The molecule has 0 bridgehead atoms. The maximum Gasteiger partial charge on any atom is 0.240 e. The van der Waals surface area contributed by atoms with Crippen LogP contribution in [-0.2, 0) is 15.1 Å². The lowest BCUT2D eigenvalue weighted by Gasteiger charge is -2.33. The van der Waals surface area contributed by atoms with Crippen LogP contribution in [0.4, 0.5) is 11.4 Å². The zero-order valence-electron chi connectivity index (χ0n) is 20.8. The average Bonchev–Trinajstić information content (AvgIpc) is 3.53. The fourth-order valence-electron chi connectivity index (χ4n) is 6.77. The highest BCUT2D eigenvalue weighted by Crippen LogP contribution is 2.61. The van der Waals surface area contributed by atoms with E-state index in [4.69, 9.17) is 0 Å². The van der Waals surface area contributed by atoms with Crippen molar-refractivity contribution in [3.8, 4) is 11.1 Å². The van der Waals surface area contributed by atoms with E-state index in [1.807, 2.05) is 68.7 Å². The van der Waals surface area contributed by atoms with Gasteiger partial charge < -0.3 is 4.90 Å². The molecule has 2 heterocycles. The summed E-state index contributed by atoms with van der Waals surface area (Å²) in [5.74, 6) is -1.39. The van der Waals surface area contributed by atoms with E-state index in [0.29, 0.717) is 5.69 Å². The van der Waals surface area contributed by atoms with Crippen LogP contribution in [0.25, 0.3) is 11.1 Å². The van der Waals surface area contributed by atoms with Crippen molar-refractivity contribution in [3.05, 3.63) is 120 Å². The van der Waals surface area contributed by atoms with E-state index < -0.39 is 17.4 Å². The monoisotopic (exact) mass is 485 g/mol. The zero-order chi connectivity index (χ0) is 25.3. The fourth-order valence-corrected chi connectivity index (χ4v) is 6.77. The zero-order valence-corrected chi connectivity index (χ0v) is 20.8. The number of anilines is 2. The van der Waals surface area contributed by atoms with Crippen molar-refractivity contribution in [1.82, 2.24) is 5.32 Å². The van der Waals surface area contributed by atoms with Gasteiger partial charge in [0.2, 0.25) is 11.8 Å². The highest BCUT2D eigenvalue weighted by molar-refractivity contribution is 6.23. The van der Waals surface area contributed by atoms with E-state index in [0.717, 1.165) is 33.5 Å². The first kappa shape index (κ1) is 22.0. The molecular weight excluding hydrogens is 458 g/mol. The Morgan fingerprint density at radius 1 is 0.703 bits per heavy atom. The molecule has 1 N–H and O–H groups in total. The van der Waals surface area contributed by atoms with Gasteiger partial charge in [-0.15, -0.1) is 0 Å². The predicted octanol–water partition coefficient (Wildman–Crippen LogP) is 5.13. The first-order chi connectivity index (χ1) is 18.0. The summed E-state index contributed by atoms with van der Waals surface area (Å²) in [5, 5.41) is 3.90. The Balaban J connectivity index is 1.46. The average molecular weight is 486 g/mol. The minimum Gasteiger partial charge on any atom is -0.378 e. The molecule has 2 saturated heterocycles. The summed E-state index contributed by atoms with van der Waals surface area (Å²) >= 11 is 0. The van der Waals surface area contributed by atoms with Gasteiger partial charge >= 0.3 is 0 Å². The summed E-state index contributed by atoms with van der Waals surface area (Å²) < 4.78 is 0. The molecule has 1 spiro atoms. The molecule has 5 heteroatoms. The molecule has 4 aromatic rings. The quantitative estimate of drug-likeness (QED) is 0.409. The van der Waals surface area contributed by atoms with Gasteiger partial charge in [0.25, 0.3) is 0 Å². The summed E-state index contributed by atoms with van der Waals surface area (Å²) in [6.45, 7) is 0. The third kappa shape index (κ3) is 2.89. The molecule has 4 aromatic carbocycles. The predicted molar refractivity (Wildman–Crippen MR) is 145 cm³/mol. The third-order valence-electron chi connectivity index (χ3n) is 8.34. The smallest absolute Gasteiger partial charge is 0.240 e. The normalized spacial score (nSPS) is 22.8. The van der Waals surface area contributed by atoms with Gasteiger partial charge in [-0.25, -0.2) is 4.90 Å². The maximum atomic E-state index is 14.4. The number of fused-ring (bicyclic) bond motifs is 7. The van der Waals surface area contributed by atoms with Crippen molar-refractivity contribution in [2.24, 2.45) is 11.8 Å². The van der Waals surface area contributed by atoms with Gasteiger partial charge in [0.15, 0.2) is 0 Å². The molecule has 2 fully saturated rings. The van der Waals surface area contributed by atoms with Gasteiger partial charge in [-0.2, -0.15) is 0 Å². The number of carbonyl (C=O) groups excluding carboxylic acids is 2. The van der Waals surface area contributed by atoms with Gasteiger partial charge in [0.1, 0.15) is 0 Å². The third-order valence-corrected chi connectivity index (χ3v) is 8.34. The lowest BCUT2D eigenvalue weighted by Crippen LogP contribution is -2.47. The lowest BCUT2D eigenvalue weighted by atomic mass is 9.74. The van der Waals surface area contributed by atoms with E-state index in [-0.39, 0.29) is 17.9 Å².